The van der Waals surface area contributed by atoms with E-state index in [4.69, 9.17) is 0 Å². The van der Waals surface area contributed by atoms with E-state index in [2.05, 4.69) is 96.2 Å². The van der Waals surface area contributed by atoms with E-state index in [1.807, 2.05) is 0 Å². The Hall–Kier alpha value is -1.86. The van der Waals surface area contributed by atoms with Gasteiger partial charge in [-0.2, -0.15) is 0 Å². The lowest BCUT2D eigenvalue weighted by Crippen LogP contribution is -2.30. The molecule has 0 bridgehead atoms. The number of fused-ring (bicyclic) bond motifs is 3. The molecule has 0 amide bonds. The van der Waals surface area contributed by atoms with Gasteiger partial charge in [0, 0.05) is 5.92 Å². The molecule has 2 radical (unpaired) electrons. The van der Waals surface area contributed by atoms with Crippen LogP contribution in [-0.2, 0) is 10.8 Å². The van der Waals surface area contributed by atoms with E-state index in [-0.39, 0.29) is 10.8 Å². The van der Waals surface area contributed by atoms with Crippen LogP contribution in [0, 0.1) is 0 Å². The first-order valence-electron chi connectivity index (χ1n) is 11.5. The normalized spacial score (nSPS) is 23.2. The molecule has 1 aliphatic heterocycles. The second-order valence-electron chi connectivity index (χ2n) is 11.5. The van der Waals surface area contributed by atoms with Crippen molar-refractivity contribution in [3.8, 4) is 11.1 Å². The Bertz CT molecular complexity index is 985. The molecule has 5 rings (SSSR count). The predicted molar refractivity (Wildman–Crippen MR) is 131 cm³/mol. The van der Waals surface area contributed by atoms with Gasteiger partial charge in [-0.25, -0.2) is 0 Å². The lowest BCUT2D eigenvalue weighted by atomic mass is 9.81. The lowest BCUT2D eigenvalue weighted by Gasteiger charge is -2.40. The summed E-state index contributed by atoms with van der Waals surface area (Å²) in [6.07, 6.45) is 9.48. The van der Waals surface area contributed by atoms with Crippen LogP contribution in [0.4, 0.5) is 0 Å². The molecule has 1 heteroatoms. The van der Waals surface area contributed by atoms with Gasteiger partial charge in [0.05, 0.1) is 9.52 Å². The van der Waals surface area contributed by atoms with Crippen molar-refractivity contribution in [2.75, 3.05) is 0 Å². The zero-order chi connectivity index (χ0) is 21.3. The Morgan fingerprint density at radius 2 is 1.33 bits per heavy atom. The Morgan fingerprint density at radius 3 is 1.77 bits per heavy atom. The molecule has 3 aliphatic rings. The van der Waals surface area contributed by atoms with Gasteiger partial charge >= 0.3 is 0 Å². The smallest absolute Gasteiger partial charge is 0.0513 e. The number of hydrogen-bond donors (Lipinski definition) is 0. The second kappa shape index (κ2) is 6.82. The standard InChI is InChI=1S/C29H34Si/c1-28(2,3)19-11-13-21-22-14-12-20(29(4,5)6)16-24(22)27(23(21)15-19)26-17-25(30-26)18-9-7-8-10-18/h7-9,11-16,25-27H,10,17H2,1-6H3. The molecule has 0 aromatic heterocycles. The zero-order valence-electron chi connectivity index (χ0n) is 19.3. The maximum Gasteiger partial charge on any atom is 0.0513 e. The summed E-state index contributed by atoms with van der Waals surface area (Å²) in [6, 6.07) is 14.6. The summed E-state index contributed by atoms with van der Waals surface area (Å²) in [5.41, 5.74) is 12.8. The van der Waals surface area contributed by atoms with E-state index >= 15 is 0 Å². The molecular formula is C29H34Si. The molecule has 1 heterocycles. The minimum atomic E-state index is 0.190. The fourth-order valence-corrected chi connectivity index (χ4v) is 7.19. The van der Waals surface area contributed by atoms with Gasteiger partial charge in [-0.3, -0.25) is 0 Å². The van der Waals surface area contributed by atoms with Gasteiger partial charge in [0.1, 0.15) is 0 Å². The van der Waals surface area contributed by atoms with Crippen molar-refractivity contribution < 1.29 is 0 Å². The summed E-state index contributed by atoms with van der Waals surface area (Å²) in [5.74, 6) is 0.573. The van der Waals surface area contributed by atoms with Gasteiger partial charge in [-0.05, 0) is 68.1 Å². The topological polar surface area (TPSA) is 0 Å². The van der Waals surface area contributed by atoms with Gasteiger partial charge in [-0.15, -0.1) is 0 Å². The lowest BCUT2D eigenvalue weighted by molar-refractivity contribution is 0.570. The van der Waals surface area contributed by atoms with Crippen LogP contribution in [0.2, 0.25) is 11.1 Å². The average Bonchev–Trinajstić information content (AvgIpc) is 3.25. The molecule has 30 heavy (non-hydrogen) atoms. The van der Waals surface area contributed by atoms with Crippen LogP contribution < -0.4 is 0 Å². The van der Waals surface area contributed by atoms with Crippen LogP contribution in [0.25, 0.3) is 11.1 Å². The minimum absolute atomic E-state index is 0.190. The minimum Gasteiger partial charge on any atom is -0.0805 e. The third-order valence-corrected chi connectivity index (χ3v) is 9.36. The molecule has 2 aliphatic carbocycles. The van der Waals surface area contributed by atoms with Gasteiger partial charge < -0.3 is 0 Å². The van der Waals surface area contributed by atoms with Crippen LogP contribution in [0.5, 0.6) is 0 Å². The number of allylic oxidation sites excluding steroid dienone is 4. The van der Waals surface area contributed by atoms with Crippen LogP contribution >= 0.6 is 0 Å². The highest BCUT2D eigenvalue weighted by Crippen LogP contribution is 2.58. The first-order valence-corrected chi connectivity index (χ1v) is 12.7. The summed E-state index contributed by atoms with van der Waals surface area (Å²) in [5, 5.41) is 0. The Morgan fingerprint density at radius 1 is 0.800 bits per heavy atom. The van der Waals surface area contributed by atoms with E-state index in [1.165, 1.54) is 35.1 Å². The van der Waals surface area contributed by atoms with Gasteiger partial charge in [-0.1, -0.05) is 102 Å². The van der Waals surface area contributed by atoms with E-state index in [1.54, 1.807) is 16.7 Å². The molecule has 2 unspecified atom stereocenters. The molecule has 2 aromatic carbocycles. The Kier molecular flexibility index (Phi) is 4.56. The fraction of sp³-hybridized carbons (Fsp3) is 0.448. The Labute approximate surface area is 185 Å². The molecular weight excluding hydrogens is 376 g/mol. The van der Waals surface area contributed by atoms with Gasteiger partial charge in [0.15, 0.2) is 0 Å². The summed E-state index contributed by atoms with van der Waals surface area (Å²) in [7, 11) is 1.05. The molecule has 2 aromatic rings. The van der Waals surface area contributed by atoms with Gasteiger partial charge in [0.2, 0.25) is 0 Å². The van der Waals surface area contributed by atoms with Crippen LogP contribution in [-0.4, -0.2) is 9.52 Å². The molecule has 2 atom stereocenters. The summed E-state index contributed by atoms with van der Waals surface area (Å²) in [6.45, 7) is 14.0. The summed E-state index contributed by atoms with van der Waals surface area (Å²) in [4.78, 5) is 0. The highest BCUT2D eigenvalue weighted by molar-refractivity contribution is 6.45. The van der Waals surface area contributed by atoms with E-state index in [0.29, 0.717) is 5.92 Å². The first kappa shape index (κ1) is 20.1. The molecule has 1 saturated heterocycles. The van der Waals surface area contributed by atoms with Gasteiger partial charge in [0.25, 0.3) is 0 Å². The SMILES string of the molecule is CC(C)(C)c1ccc2c(c1)C(C1CC(C3=CC=CC3)[Si]1)c1cc(C(C)(C)C)ccc1-2. The largest absolute Gasteiger partial charge is 0.0805 e. The van der Waals surface area contributed by atoms with Crippen molar-refractivity contribution in [3.05, 3.63) is 82.5 Å². The van der Waals surface area contributed by atoms with Crippen molar-refractivity contribution in [1.82, 2.24) is 0 Å². The van der Waals surface area contributed by atoms with E-state index < -0.39 is 0 Å². The third kappa shape index (κ3) is 3.26. The molecule has 0 saturated carbocycles. The zero-order valence-corrected chi connectivity index (χ0v) is 20.3. The molecule has 154 valence electrons. The van der Waals surface area contributed by atoms with Crippen LogP contribution in [0.1, 0.15) is 82.6 Å². The molecule has 1 fully saturated rings. The van der Waals surface area contributed by atoms with Crippen LogP contribution in [0.3, 0.4) is 0 Å². The third-order valence-electron chi connectivity index (χ3n) is 7.35. The van der Waals surface area contributed by atoms with E-state index in [0.717, 1.165) is 20.6 Å². The van der Waals surface area contributed by atoms with Crippen molar-refractivity contribution in [2.45, 2.75) is 82.2 Å². The van der Waals surface area contributed by atoms with Crippen LogP contribution in [0.15, 0.2) is 60.2 Å². The number of rotatable bonds is 2. The maximum atomic E-state index is 2.55. The van der Waals surface area contributed by atoms with Crippen molar-refractivity contribution >= 4 is 9.52 Å². The highest BCUT2D eigenvalue weighted by atomic mass is 28.2. The molecule has 0 N–H and O–H groups in total. The fourth-order valence-electron chi connectivity index (χ4n) is 5.37. The highest BCUT2D eigenvalue weighted by Gasteiger charge is 2.43. The van der Waals surface area contributed by atoms with Crippen molar-refractivity contribution in [1.29, 1.82) is 0 Å². The number of hydrogen-bond acceptors (Lipinski definition) is 0. The Balaban J connectivity index is 1.56. The molecule has 0 spiro atoms. The second-order valence-corrected chi connectivity index (χ2v) is 13.3. The molecule has 0 nitrogen and oxygen atoms in total. The predicted octanol–water partition coefficient (Wildman–Crippen LogP) is 7.97. The van der Waals surface area contributed by atoms with Crippen molar-refractivity contribution in [2.24, 2.45) is 0 Å². The van der Waals surface area contributed by atoms with Crippen molar-refractivity contribution in [3.63, 3.8) is 0 Å². The summed E-state index contributed by atoms with van der Waals surface area (Å²) < 4.78 is 0. The van der Waals surface area contributed by atoms with E-state index in [9.17, 15) is 0 Å². The first-order chi connectivity index (χ1) is 14.1. The monoisotopic (exact) mass is 410 g/mol. The number of benzene rings is 2. The average molecular weight is 411 g/mol. The summed E-state index contributed by atoms with van der Waals surface area (Å²) >= 11 is 0. The quantitative estimate of drug-likeness (QED) is 0.440. The maximum absolute atomic E-state index is 2.55.